The summed E-state index contributed by atoms with van der Waals surface area (Å²) < 4.78 is 9.46. The number of hydrogen-bond donors (Lipinski definition) is 3. The molecule has 3 N–H and O–H groups in total. The van der Waals surface area contributed by atoms with Gasteiger partial charge in [-0.2, -0.15) is 0 Å². The third kappa shape index (κ3) is 4.60. The highest BCUT2D eigenvalue weighted by molar-refractivity contribution is 8.02. The highest BCUT2D eigenvalue weighted by atomic mass is 32.2. The standard InChI is InChI=1S/C30H37N3O6S/c1-5-20(17-34)33-25(27(36)32-19-7-11-21(38-4)12-8-19)30-16-15-29(3,40-30)23(24(30)28(33)37)26(35)31-18-9-13-22(14-10-18)39-6-2/h7-14,20,23-25,34H,5-6,15-17H2,1-4H3,(H,31,35)(H,32,36)/t20-,23-,24-,25?,29+,30?/m0/s1. The minimum atomic E-state index is -0.820. The van der Waals surface area contributed by atoms with Gasteiger partial charge < -0.3 is 30.1 Å². The van der Waals surface area contributed by atoms with Crippen LogP contribution in [-0.4, -0.2) is 69.6 Å². The van der Waals surface area contributed by atoms with Gasteiger partial charge in [0.25, 0.3) is 0 Å². The zero-order valence-electron chi connectivity index (χ0n) is 23.3. The molecule has 0 saturated carbocycles. The largest absolute Gasteiger partial charge is 0.497 e. The van der Waals surface area contributed by atoms with Crippen LogP contribution in [0.25, 0.3) is 0 Å². The van der Waals surface area contributed by atoms with Crippen molar-refractivity contribution in [1.82, 2.24) is 4.90 Å². The monoisotopic (exact) mass is 567 g/mol. The fraction of sp³-hybridized carbons (Fsp3) is 0.500. The van der Waals surface area contributed by atoms with E-state index >= 15 is 0 Å². The number of thioether (sulfide) groups is 1. The number of methoxy groups -OCH3 is 1. The number of carbonyl (C=O) groups is 3. The average Bonchev–Trinajstić information content (AvgIpc) is 3.52. The summed E-state index contributed by atoms with van der Waals surface area (Å²) in [5.74, 6) is -0.694. The smallest absolute Gasteiger partial charge is 0.248 e. The molecule has 0 aliphatic carbocycles. The molecule has 0 radical (unpaired) electrons. The van der Waals surface area contributed by atoms with Gasteiger partial charge in [0.1, 0.15) is 17.5 Å². The maximum atomic E-state index is 14.2. The zero-order valence-corrected chi connectivity index (χ0v) is 24.1. The number of amides is 3. The molecule has 2 unspecified atom stereocenters. The molecule has 0 aromatic heterocycles. The summed E-state index contributed by atoms with van der Waals surface area (Å²) in [5.41, 5.74) is 1.21. The first-order valence-electron chi connectivity index (χ1n) is 13.8. The average molecular weight is 568 g/mol. The van der Waals surface area contributed by atoms with Gasteiger partial charge >= 0.3 is 0 Å². The molecular weight excluding hydrogens is 530 g/mol. The number of carbonyl (C=O) groups excluding carboxylic acids is 3. The summed E-state index contributed by atoms with van der Waals surface area (Å²) in [4.78, 5) is 43.6. The Morgan fingerprint density at radius 1 is 1.02 bits per heavy atom. The molecule has 3 aliphatic heterocycles. The Morgan fingerprint density at radius 2 is 1.62 bits per heavy atom. The van der Waals surface area contributed by atoms with Crippen molar-refractivity contribution < 1.29 is 29.0 Å². The number of likely N-dealkylation sites (tertiary alicyclic amines) is 1. The van der Waals surface area contributed by atoms with Gasteiger partial charge in [-0.15, -0.1) is 11.8 Å². The fourth-order valence-electron chi connectivity index (χ4n) is 6.78. The van der Waals surface area contributed by atoms with Crippen LogP contribution in [0.2, 0.25) is 0 Å². The molecule has 3 heterocycles. The first kappa shape index (κ1) is 28.3. The van der Waals surface area contributed by atoms with Crippen molar-refractivity contribution in [3.63, 3.8) is 0 Å². The molecule has 9 nitrogen and oxygen atoms in total. The SMILES string of the molecule is CCOc1ccc(NC(=O)[C@@H]2[C@H]3C(=O)N([C@@H](CC)CO)C(C(=O)Nc4ccc(OC)cc4)C34CC[C@@]2(C)S4)cc1. The number of aliphatic hydroxyl groups excluding tert-OH is 1. The number of hydrogen-bond acceptors (Lipinski definition) is 7. The second kappa shape index (κ2) is 11.0. The van der Waals surface area contributed by atoms with Crippen LogP contribution in [-0.2, 0) is 14.4 Å². The van der Waals surface area contributed by atoms with Gasteiger partial charge in [0.2, 0.25) is 17.7 Å². The van der Waals surface area contributed by atoms with Crippen molar-refractivity contribution in [2.75, 3.05) is 31.0 Å². The Hall–Kier alpha value is -3.24. The number of nitrogens with one attached hydrogen (secondary N) is 2. The van der Waals surface area contributed by atoms with Crippen molar-refractivity contribution >= 4 is 40.9 Å². The maximum Gasteiger partial charge on any atom is 0.248 e. The summed E-state index contributed by atoms with van der Waals surface area (Å²) in [6.07, 6.45) is 1.83. The van der Waals surface area contributed by atoms with Crippen molar-refractivity contribution in [1.29, 1.82) is 0 Å². The third-order valence-corrected chi connectivity index (χ3v) is 10.6. The van der Waals surface area contributed by atoms with E-state index < -0.39 is 33.4 Å². The summed E-state index contributed by atoms with van der Waals surface area (Å²) in [6, 6.07) is 12.8. The molecule has 3 saturated heterocycles. The quantitative estimate of drug-likeness (QED) is 0.398. The van der Waals surface area contributed by atoms with Gasteiger partial charge in [0, 0.05) is 16.1 Å². The van der Waals surface area contributed by atoms with E-state index in [0.717, 1.165) is 0 Å². The maximum absolute atomic E-state index is 14.2. The van der Waals surface area contributed by atoms with Gasteiger partial charge in [-0.25, -0.2) is 0 Å². The summed E-state index contributed by atoms with van der Waals surface area (Å²) in [6.45, 7) is 6.12. The van der Waals surface area contributed by atoms with E-state index in [-0.39, 0.29) is 24.3 Å². The Labute approximate surface area is 239 Å². The Bertz CT molecular complexity index is 1270. The van der Waals surface area contributed by atoms with Gasteiger partial charge in [-0.05, 0) is 81.6 Å². The molecule has 2 aromatic rings. The van der Waals surface area contributed by atoms with E-state index in [1.54, 1.807) is 72.3 Å². The Balaban J connectivity index is 1.47. The predicted octanol–water partition coefficient (Wildman–Crippen LogP) is 3.92. The molecule has 3 fully saturated rings. The van der Waals surface area contributed by atoms with Crippen LogP contribution < -0.4 is 20.1 Å². The zero-order chi connectivity index (χ0) is 28.7. The van der Waals surface area contributed by atoms with Crippen LogP contribution in [0.4, 0.5) is 11.4 Å². The van der Waals surface area contributed by atoms with Crippen molar-refractivity contribution in [3.8, 4) is 11.5 Å². The molecule has 214 valence electrons. The van der Waals surface area contributed by atoms with Gasteiger partial charge in [0.15, 0.2) is 0 Å². The van der Waals surface area contributed by atoms with E-state index in [1.165, 1.54) is 0 Å². The highest BCUT2D eigenvalue weighted by Gasteiger charge is 2.77. The molecule has 3 aliphatic rings. The molecule has 10 heteroatoms. The summed E-state index contributed by atoms with van der Waals surface area (Å²) in [5, 5.41) is 16.2. The van der Waals surface area contributed by atoms with Crippen LogP contribution in [0.5, 0.6) is 11.5 Å². The Kier molecular flexibility index (Phi) is 7.76. The molecule has 2 bridgehead atoms. The summed E-state index contributed by atoms with van der Waals surface area (Å²) >= 11 is 1.60. The van der Waals surface area contributed by atoms with Crippen LogP contribution in [0.1, 0.15) is 40.0 Å². The van der Waals surface area contributed by atoms with Gasteiger partial charge in [-0.3, -0.25) is 14.4 Å². The van der Waals surface area contributed by atoms with E-state index in [0.29, 0.717) is 48.7 Å². The lowest BCUT2D eigenvalue weighted by Gasteiger charge is -2.36. The Morgan fingerprint density at radius 3 is 2.17 bits per heavy atom. The highest BCUT2D eigenvalue weighted by Crippen LogP contribution is 2.71. The fourth-order valence-corrected chi connectivity index (χ4v) is 9.12. The summed E-state index contributed by atoms with van der Waals surface area (Å²) in [7, 11) is 1.57. The van der Waals surface area contributed by atoms with Gasteiger partial charge in [-0.1, -0.05) is 6.92 Å². The first-order chi connectivity index (χ1) is 19.2. The number of anilines is 2. The van der Waals surface area contributed by atoms with E-state index in [1.807, 2.05) is 20.8 Å². The number of aliphatic hydroxyl groups is 1. The van der Waals surface area contributed by atoms with E-state index in [9.17, 15) is 19.5 Å². The number of benzene rings is 2. The van der Waals surface area contributed by atoms with Crippen LogP contribution >= 0.6 is 11.8 Å². The number of nitrogens with zero attached hydrogens (tertiary/aromatic N) is 1. The number of rotatable bonds is 10. The molecule has 3 amide bonds. The third-order valence-electron chi connectivity index (χ3n) is 8.61. The lowest BCUT2D eigenvalue weighted by Crippen LogP contribution is -2.54. The molecule has 1 spiro atoms. The second-order valence-electron chi connectivity index (χ2n) is 10.9. The molecule has 5 rings (SSSR count). The molecule has 6 atom stereocenters. The normalized spacial score (nSPS) is 29.2. The van der Waals surface area contributed by atoms with E-state index in [2.05, 4.69) is 10.6 Å². The molecule has 40 heavy (non-hydrogen) atoms. The van der Waals surface area contributed by atoms with Crippen LogP contribution in [0, 0.1) is 11.8 Å². The predicted molar refractivity (Wildman–Crippen MR) is 155 cm³/mol. The lowest BCUT2D eigenvalue weighted by atomic mass is 9.66. The van der Waals surface area contributed by atoms with Crippen molar-refractivity contribution in [3.05, 3.63) is 48.5 Å². The van der Waals surface area contributed by atoms with Gasteiger partial charge in [0.05, 0.1) is 42.9 Å². The number of ether oxygens (including phenoxy) is 2. The van der Waals surface area contributed by atoms with Crippen molar-refractivity contribution in [2.24, 2.45) is 11.8 Å². The van der Waals surface area contributed by atoms with Crippen molar-refractivity contribution in [2.45, 2.75) is 61.6 Å². The minimum Gasteiger partial charge on any atom is -0.497 e. The molecule has 2 aromatic carbocycles. The minimum absolute atomic E-state index is 0.229. The number of fused-ring (bicyclic) bond motifs is 1. The van der Waals surface area contributed by atoms with E-state index in [4.69, 9.17) is 9.47 Å². The lowest BCUT2D eigenvalue weighted by molar-refractivity contribution is -0.141. The van der Waals surface area contributed by atoms with Crippen LogP contribution in [0.15, 0.2) is 48.5 Å². The second-order valence-corrected chi connectivity index (χ2v) is 12.8. The van der Waals surface area contributed by atoms with Crippen LogP contribution in [0.3, 0.4) is 0 Å². The topological polar surface area (TPSA) is 117 Å². The molecular formula is C30H37N3O6S. The first-order valence-corrected chi connectivity index (χ1v) is 14.6.